The lowest BCUT2D eigenvalue weighted by atomic mass is 9.44. The van der Waals surface area contributed by atoms with E-state index in [2.05, 4.69) is 13.8 Å². The molecule has 5 nitrogen and oxygen atoms in total. The van der Waals surface area contributed by atoms with Crippen LogP contribution in [0.25, 0.3) is 0 Å². The van der Waals surface area contributed by atoms with Crippen LogP contribution in [0.4, 0.5) is 0 Å². The molecule has 1 unspecified atom stereocenters. The van der Waals surface area contributed by atoms with Gasteiger partial charge in [-0.15, -0.1) is 0 Å². The van der Waals surface area contributed by atoms with Gasteiger partial charge in [0.15, 0.2) is 0 Å². The van der Waals surface area contributed by atoms with E-state index in [1.165, 1.54) is 25.7 Å². The van der Waals surface area contributed by atoms with Gasteiger partial charge in [0, 0.05) is 6.42 Å². The molecule has 4 aliphatic carbocycles. The zero-order valence-electron chi connectivity index (χ0n) is 18.2. The minimum Gasteiger partial charge on any atom is -0.481 e. The molecule has 4 fully saturated rings. The lowest BCUT2D eigenvalue weighted by Crippen LogP contribution is -2.59. The zero-order chi connectivity index (χ0) is 20.8. The highest BCUT2D eigenvalue weighted by Gasteiger charge is 2.62. The Hall–Kier alpha value is -0.650. The first-order valence-corrected chi connectivity index (χ1v) is 11.9. The first-order chi connectivity index (χ1) is 13.8. The number of hydrogen-bond acceptors (Lipinski definition) is 4. The molecule has 0 aromatic rings. The standard InChI is InChI=1S/C24H40O5/c1-23-11-9-19-22(18(23)7-6-15(23)4-3-5-21(27)28)20(29-14-25)13-16-12-17(26)8-10-24(16,19)2/h15-20,22,25-26H,3-14H2,1-2H3,(H,27,28)/t15?,16-,17+,18-,19-,20+,22-,23+,24-/m0/s1. The fraction of sp³-hybridized carbons (Fsp3) is 0.958. The van der Waals surface area contributed by atoms with Gasteiger partial charge in [0.25, 0.3) is 0 Å². The minimum atomic E-state index is -0.685. The maximum absolute atomic E-state index is 11.0. The van der Waals surface area contributed by atoms with E-state index in [0.717, 1.165) is 38.5 Å². The van der Waals surface area contributed by atoms with Gasteiger partial charge in [0.1, 0.15) is 6.79 Å². The third-order valence-electron chi connectivity index (χ3n) is 10.1. The van der Waals surface area contributed by atoms with Crippen molar-refractivity contribution >= 4 is 5.97 Å². The molecule has 9 atom stereocenters. The Morgan fingerprint density at radius 1 is 1.03 bits per heavy atom. The summed E-state index contributed by atoms with van der Waals surface area (Å²) in [5, 5.41) is 28.9. The van der Waals surface area contributed by atoms with Gasteiger partial charge in [-0.3, -0.25) is 4.79 Å². The molecule has 0 saturated heterocycles. The van der Waals surface area contributed by atoms with Crippen molar-refractivity contribution in [2.75, 3.05) is 6.79 Å². The predicted molar refractivity (Wildman–Crippen MR) is 110 cm³/mol. The monoisotopic (exact) mass is 408 g/mol. The summed E-state index contributed by atoms with van der Waals surface area (Å²) in [5.74, 6) is 2.12. The third-order valence-corrected chi connectivity index (χ3v) is 10.1. The minimum absolute atomic E-state index is 0.0933. The SMILES string of the molecule is C[C@]12CC[C@@H](O)C[C@H]1C[C@@H](OCO)[C@@H]1[C@@H]2CC[C@]2(C)C(CCCC(=O)O)CC[C@@H]12. The summed E-state index contributed by atoms with van der Waals surface area (Å²) < 4.78 is 5.98. The first-order valence-electron chi connectivity index (χ1n) is 11.9. The number of carbonyl (C=O) groups is 1. The maximum Gasteiger partial charge on any atom is 0.303 e. The highest BCUT2D eigenvalue weighted by atomic mass is 16.6. The summed E-state index contributed by atoms with van der Waals surface area (Å²) in [7, 11) is 0. The van der Waals surface area contributed by atoms with Gasteiger partial charge in [-0.1, -0.05) is 13.8 Å². The van der Waals surface area contributed by atoms with Crippen LogP contribution in [-0.2, 0) is 9.53 Å². The summed E-state index contributed by atoms with van der Waals surface area (Å²) in [6.45, 7) is 4.71. The normalized spacial score (nSPS) is 49.2. The van der Waals surface area contributed by atoms with E-state index in [4.69, 9.17) is 9.84 Å². The predicted octanol–water partition coefficient (Wildman–Crippen LogP) is 4.21. The molecule has 0 radical (unpaired) electrons. The van der Waals surface area contributed by atoms with Crippen molar-refractivity contribution in [3.05, 3.63) is 0 Å². The van der Waals surface area contributed by atoms with E-state index < -0.39 is 5.97 Å². The number of aliphatic carboxylic acids is 1. The van der Waals surface area contributed by atoms with Crippen LogP contribution in [0.5, 0.6) is 0 Å². The van der Waals surface area contributed by atoms with Crippen LogP contribution in [0.2, 0.25) is 0 Å². The Kier molecular flexibility index (Phi) is 6.04. The first kappa shape index (κ1) is 21.6. The Balaban J connectivity index is 1.57. The third kappa shape index (κ3) is 3.65. The molecule has 0 heterocycles. The second-order valence-corrected chi connectivity index (χ2v) is 11.1. The van der Waals surface area contributed by atoms with Gasteiger partial charge in [0.2, 0.25) is 0 Å². The fourth-order valence-corrected chi connectivity index (χ4v) is 8.53. The van der Waals surface area contributed by atoms with Gasteiger partial charge in [0.05, 0.1) is 12.2 Å². The summed E-state index contributed by atoms with van der Waals surface area (Å²) in [6, 6.07) is 0. The van der Waals surface area contributed by atoms with Crippen molar-refractivity contribution in [3.63, 3.8) is 0 Å². The van der Waals surface area contributed by atoms with Crippen molar-refractivity contribution in [2.45, 2.75) is 96.7 Å². The van der Waals surface area contributed by atoms with Crippen LogP contribution in [0, 0.1) is 40.4 Å². The van der Waals surface area contributed by atoms with Gasteiger partial charge in [-0.05, 0) is 105 Å². The lowest BCUT2D eigenvalue weighted by molar-refractivity contribution is -0.203. The molecule has 166 valence electrons. The van der Waals surface area contributed by atoms with Crippen molar-refractivity contribution < 1.29 is 24.9 Å². The highest BCUT2D eigenvalue weighted by Crippen LogP contribution is 2.68. The molecule has 3 N–H and O–H groups in total. The number of aliphatic hydroxyl groups excluding tert-OH is 2. The van der Waals surface area contributed by atoms with E-state index in [1.807, 2.05) is 0 Å². The molecule has 0 spiro atoms. The number of carboxylic acid groups (broad SMARTS) is 1. The molecular formula is C24H40O5. The maximum atomic E-state index is 11.0. The quantitative estimate of drug-likeness (QED) is 0.573. The van der Waals surface area contributed by atoms with Gasteiger partial charge in [-0.25, -0.2) is 0 Å². The lowest BCUT2D eigenvalue weighted by Gasteiger charge is -2.62. The average Bonchev–Trinajstić information content (AvgIpc) is 2.99. The van der Waals surface area contributed by atoms with E-state index in [0.29, 0.717) is 29.6 Å². The van der Waals surface area contributed by atoms with Crippen molar-refractivity contribution in [1.29, 1.82) is 0 Å². The molecule has 0 amide bonds. The van der Waals surface area contributed by atoms with Crippen LogP contribution >= 0.6 is 0 Å². The Morgan fingerprint density at radius 2 is 1.76 bits per heavy atom. The van der Waals surface area contributed by atoms with Crippen LogP contribution in [0.1, 0.15) is 84.5 Å². The van der Waals surface area contributed by atoms with Gasteiger partial charge >= 0.3 is 5.97 Å². The van der Waals surface area contributed by atoms with E-state index in [1.54, 1.807) is 0 Å². The Labute approximate surface area is 175 Å². The summed E-state index contributed by atoms with van der Waals surface area (Å²) in [6.07, 6.45) is 10.7. The molecule has 4 rings (SSSR count). The van der Waals surface area contributed by atoms with E-state index in [-0.39, 0.29) is 36.3 Å². The number of fused-ring (bicyclic) bond motifs is 5. The Morgan fingerprint density at radius 3 is 2.48 bits per heavy atom. The van der Waals surface area contributed by atoms with E-state index >= 15 is 0 Å². The second kappa shape index (κ2) is 8.12. The summed E-state index contributed by atoms with van der Waals surface area (Å²) in [4.78, 5) is 11.0. The second-order valence-electron chi connectivity index (χ2n) is 11.1. The summed E-state index contributed by atoms with van der Waals surface area (Å²) in [5.41, 5.74) is 0.552. The van der Waals surface area contributed by atoms with E-state index in [9.17, 15) is 15.0 Å². The fourth-order valence-electron chi connectivity index (χ4n) is 8.53. The van der Waals surface area contributed by atoms with Gasteiger partial charge < -0.3 is 20.1 Å². The smallest absolute Gasteiger partial charge is 0.303 e. The van der Waals surface area contributed by atoms with Crippen LogP contribution < -0.4 is 0 Å². The number of aliphatic hydroxyl groups is 2. The molecule has 0 bridgehead atoms. The Bertz CT molecular complexity index is 608. The van der Waals surface area contributed by atoms with Crippen molar-refractivity contribution in [1.82, 2.24) is 0 Å². The summed E-state index contributed by atoms with van der Waals surface area (Å²) >= 11 is 0. The largest absolute Gasteiger partial charge is 0.481 e. The zero-order valence-corrected chi connectivity index (χ0v) is 18.2. The molecule has 5 heteroatoms. The van der Waals surface area contributed by atoms with Crippen LogP contribution in [-0.4, -0.2) is 40.3 Å². The van der Waals surface area contributed by atoms with Crippen LogP contribution in [0.3, 0.4) is 0 Å². The molecular weight excluding hydrogens is 368 g/mol. The topological polar surface area (TPSA) is 87.0 Å². The van der Waals surface area contributed by atoms with Crippen molar-refractivity contribution in [2.24, 2.45) is 40.4 Å². The number of hydrogen-bond donors (Lipinski definition) is 3. The molecule has 0 aromatic heterocycles. The number of ether oxygens (including phenoxy) is 1. The van der Waals surface area contributed by atoms with Crippen molar-refractivity contribution in [3.8, 4) is 0 Å². The van der Waals surface area contributed by atoms with Crippen LogP contribution in [0.15, 0.2) is 0 Å². The van der Waals surface area contributed by atoms with Gasteiger partial charge in [-0.2, -0.15) is 0 Å². The average molecular weight is 409 g/mol. The molecule has 4 saturated carbocycles. The molecule has 0 aromatic carbocycles. The molecule has 29 heavy (non-hydrogen) atoms. The molecule has 0 aliphatic heterocycles. The molecule has 4 aliphatic rings. The number of rotatable bonds is 6. The highest BCUT2D eigenvalue weighted by molar-refractivity contribution is 5.66. The number of carboxylic acids is 1.